The normalized spacial score (nSPS) is 10.0. The average molecular weight is 368 g/mol. The number of hydrogen-bond donors (Lipinski definition) is 2. The molecule has 0 aliphatic carbocycles. The molecule has 0 atom stereocenters. The fourth-order valence-electron chi connectivity index (χ4n) is 1.67. The van der Waals surface area contributed by atoms with Gasteiger partial charge in [-0.25, -0.2) is 0 Å². The van der Waals surface area contributed by atoms with E-state index in [4.69, 9.17) is 11.6 Å². The standard InChI is InChI=1S/C15H12BrClN2O2/c1-9-8-10(16)2-7-13(9)19-15(21)14(20)18-12-5-3-11(17)4-6-12/h2-8H,1H3,(H,18,20)(H,19,21). The number of rotatable bonds is 2. The highest BCUT2D eigenvalue weighted by Crippen LogP contribution is 2.20. The van der Waals surface area contributed by atoms with Gasteiger partial charge < -0.3 is 10.6 Å². The van der Waals surface area contributed by atoms with Crippen LogP contribution in [0.3, 0.4) is 0 Å². The first kappa shape index (κ1) is 15.5. The SMILES string of the molecule is Cc1cc(Br)ccc1NC(=O)C(=O)Nc1ccc(Cl)cc1. The van der Waals surface area contributed by atoms with Crippen LogP contribution in [-0.4, -0.2) is 11.8 Å². The number of amides is 2. The monoisotopic (exact) mass is 366 g/mol. The Morgan fingerprint density at radius 3 is 2.24 bits per heavy atom. The van der Waals surface area contributed by atoms with Gasteiger partial charge in [-0.15, -0.1) is 0 Å². The van der Waals surface area contributed by atoms with E-state index in [2.05, 4.69) is 26.6 Å². The maximum atomic E-state index is 11.9. The summed E-state index contributed by atoms with van der Waals surface area (Å²) in [6.45, 7) is 1.84. The van der Waals surface area contributed by atoms with Gasteiger partial charge in [0.1, 0.15) is 0 Å². The lowest BCUT2D eigenvalue weighted by Crippen LogP contribution is -2.29. The molecule has 2 rings (SSSR count). The number of nitrogens with one attached hydrogen (secondary N) is 2. The van der Waals surface area contributed by atoms with E-state index in [9.17, 15) is 9.59 Å². The molecule has 0 aliphatic rings. The van der Waals surface area contributed by atoms with Crippen LogP contribution < -0.4 is 10.6 Å². The van der Waals surface area contributed by atoms with Crippen molar-refractivity contribution in [1.29, 1.82) is 0 Å². The highest BCUT2D eigenvalue weighted by Gasteiger charge is 2.14. The molecule has 0 fully saturated rings. The van der Waals surface area contributed by atoms with Gasteiger partial charge in [-0.3, -0.25) is 9.59 Å². The molecule has 0 aromatic heterocycles. The van der Waals surface area contributed by atoms with E-state index < -0.39 is 11.8 Å². The van der Waals surface area contributed by atoms with Crippen LogP contribution in [0.4, 0.5) is 11.4 Å². The topological polar surface area (TPSA) is 58.2 Å². The van der Waals surface area contributed by atoms with E-state index >= 15 is 0 Å². The van der Waals surface area contributed by atoms with Crippen LogP contribution in [0.25, 0.3) is 0 Å². The van der Waals surface area contributed by atoms with Crippen molar-refractivity contribution in [2.75, 3.05) is 10.6 Å². The number of carbonyl (C=O) groups excluding carboxylic acids is 2. The molecule has 6 heteroatoms. The van der Waals surface area contributed by atoms with Crippen LogP contribution in [0.15, 0.2) is 46.9 Å². The third-order valence-corrected chi connectivity index (χ3v) is 3.49. The zero-order valence-electron chi connectivity index (χ0n) is 11.1. The molecule has 0 unspecified atom stereocenters. The Bertz CT molecular complexity index is 687. The van der Waals surface area contributed by atoms with E-state index in [0.717, 1.165) is 10.0 Å². The van der Waals surface area contributed by atoms with Gasteiger partial charge in [0.2, 0.25) is 0 Å². The van der Waals surface area contributed by atoms with Crippen molar-refractivity contribution < 1.29 is 9.59 Å². The number of hydrogen-bond acceptors (Lipinski definition) is 2. The lowest BCUT2D eigenvalue weighted by atomic mass is 10.2. The molecule has 0 saturated heterocycles. The first-order valence-corrected chi connectivity index (χ1v) is 7.27. The van der Waals surface area contributed by atoms with Gasteiger partial charge in [0.15, 0.2) is 0 Å². The van der Waals surface area contributed by atoms with Crippen molar-refractivity contribution in [2.24, 2.45) is 0 Å². The highest BCUT2D eigenvalue weighted by atomic mass is 79.9. The van der Waals surface area contributed by atoms with Crippen molar-refractivity contribution in [1.82, 2.24) is 0 Å². The Morgan fingerprint density at radius 2 is 1.62 bits per heavy atom. The minimum atomic E-state index is -0.736. The van der Waals surface area contributed by atoms with Crippen molar-refractivity contribution >= 4 is 50.7 Å². The molecule has 4 nitrogen and oxygen atoms in total. The Hall–Kier alpha value is -1.85. The molecule has 21 heavy (non-hydrogen) atoms. The van der Waals surface area contributed by atoms with Crippen LogP contribution in [0.1, 0.15) is 5.56 Å². The molecule has 2 N–H and O–H groups in total. The molecule has 0 radical (unpaired) electrons. The first-order chi connectivity index (χ1) is 9.95. The summed E-state index contributed by atoms with van der Waals surface area (Å²) in [4.78, 5) is 23.7. The van der Waals surface area contributed by atoms with Crippen molar-refractivity contribution in [2.45, 2.75) is 6.92 Å². The van der Waals surface area contributed by atoms with Gasteiger partial charge in [0.05, 0.1) is 0 Å². The molecule has 108 valence electrons. The fourth-order valence-corrected chi connectivity index (χ4v) is 2.27. The van der Waals surface area contributed by atoms with Crippen LogP contribution >= 0.6 is 27.5 Å². The minimum Gasteiger partial charge on any atom is -0.318 e. The summed E-state index contributed by atoms with van der Waals surface area (Å²) in [6.07, 6.45) is 0. The molecule has 0 spiro atoms. The van der Waals surface area contributed by atoms with Gasteiger partial charge in [-0.05, 0) is 55.0 Å². The summed E-state index contributed by atoms with van der Waals surface area (Å²) in [5.41, 5.74) is 1.96. The maximum Gasteiger partial charge on any atom is 0.314 e. The summed E-state index contributed by atoms with van der Waals surface area (Å²) in [6, 6.07) is 11.9. The van der Waals surface area contributed by atoms with E-state index in [0.29, 0.717) is 16.4 Å². The molecule has 2 aromatic rings. The number of benzene rings is 2. The lowest BCUT2D eigenvalue weighted by molar-refractivity contribution is -0.133. The highest BCUT2D eigenvalue weighted by molar-refractivity contribution is 9.10. The molecule has 2 amide bonds. The Labute approximate surface area is 135 Å². The van der Waals surface area contributed by atoms with Gasteiger partial charge in [-0.2, -0.15) is 0 Å². The number of aryl methyl sites for hydroxylation is 1. The van der Waals surface area contributed by atoms with Gasteiger partial charge >= 0.3 is 11.8 Å². The Kier molecular flexibility index (Phi) is 4.98. The van der Waals surface area contributed by atoms with E-state index in [1.54, 1.807) is 36.4 Å². The van der Waals surface area contributed by atoms with Crippen molar-refractivity contribution in [3.8, 4) is 0 Å². The largest absolute Gasteiger partial charge is 0.318 e. The van der Waals surface area contributed by atoms with Crippen molar-refractivity contribution in [3.63, 3.8) is 0 Å². The summed E-state index contributed by atoms with van der Waals surface area (Å²) >= 11 is 9.09. The average Bonchev–Trinajstić information content (AvgIpc) is 2.44. The second kappa shape index (κ2) is 6.74. The summed E-state index contributed by atoms with van der Waals surface area (Å²) in [7, 11) is 0. The number of carbonyl (C=O) groups is 2. The van der Waals surface area contributed by atoms with Gasteiger partial charge in [0, 0.05) is 20.9 Å². The Balaban J connectivity index is 2.02. The molecule has 2 aromatic carbocycles. The number of anilines is 2. The number of halogens is 2. The van der Waals surface area contributed by atoms with E-state index in [1.165, 1.54) is 0 Å². The van der Waals surface area contributed by atoms with Crippen LogP contribution in [0.5, 0.6) is 0 Å². The van der Waals surface area contributed by atoms with Crippen LogP contribution in [0.2, 0.25) is 5.02 Å². The first-order valence-electron chi connectivity index (χ1n) is 6.10. The van der Waals surface area contributed by atoms with Crippen molar-refractivity contribution in [3.05, 3.63) is 57.5 Å². The van der Waals surface area contributed by atoms with Crippen LogP contribution in [-0.2, 0) is 9.59 Å². The van der Waals surface area contributed by atoms with Gasteiger partial charge in [-0.1, -0.05) is 27.5 Å². The molecular formula is C15H12BrClN2O2. The zero-order valence-corrected chi connectivity index (χ0v) is 13.5. The minimum absolute atomic E-state index is 0.507. The summed E-state index contributed by atoms with van der Waals surface area (Å²) < 4.78 is 0.906. The second-order valence-corrected chi connectivity index (χ2v) is 5.73. The fraction of sp³-hybridized carbons (Fsp3) is 0.0667. The molecule has 0 aliphatic heterocycles. The predicted octanol–water partition coefficient (Wildman–Crippen LogP) is 3.99. The summed E-state index contributed by atoms with van der Waals surface area (Å²) in [5, 5.41) is 5.63. The lowest BCUT2D eigenvalue weighted by Gasteiger charge is -2.09. The molecule has 0 bridgehead atoms. The zero-order chi connectivity index (χ0) is 15.4. The smallest absolute Gasteiger partial charge is 0.314 e. The third-order valence-electron chi connectivity index (χ3n) is 2.74. The third kappa shape index (κ3) is 4.31. The van der Waals surface area contributed by atoms with Crippen LogP contribution in [0, 0.1) is 6.92 Å². The van der Waals surface area contributed by atoms with E-state index in [1.807, 2.05) is 13.0 Å². The quantitative estimate of drug-likeness (QED) is 0.789. The molecular weight excluding hydrogens is 356 g/mol. The van der Waals surface area contributed by atoms with Gasteiger partial charge in [0.25, 0.3) is 0 Å². The molecule has 0 saturated carbocycles. The maximum absolute atomic E-state index is 11.9. The predicted molar refractivity (Wildman–Crippen MR) is 87.6 cm³/mol. The van der Waals surface area contributed by atoms with E-state index in [-0.39, 0.29) is 0 Å². The molecule has 0 heterocycles. The summed E-state index contributed by atoms with van der Waals surface area (Å²) in [5.74, 6) is -1.46. The Morgan fingerprint density at radius 1 is 1.00 bits per heavy atom. The second-order valence-electron chi connectivity index (χ2n) is 4.37.